The Morgan fingerprint density at radius 3 is 2.81 bits per heavy atom. The molecule has 27 heavy (non-hydrogen) atoms. The van der Waals surface area contributed by atoms with Gasteiger partial charge in [0.25, 0.3) is 5.91 Å². The van der Waals surface area contributed by atoms with E-state index in [0.717, 1.165) is 27.3 Å². The quantitative estimate of drug-likeness (QED) is 0.593. The maximum absolute atomic E-state index is 12.7. The maximum atomic E-state index is 12.7. The molecule has 1 aliphatic heterocycles. The van der Waals surface area contributed by atoms with E-state index in [9.17, 15) is 4.79 Å². The molecule has 0 spiro atoms. The molecule has 7 heteroatoms. The van der Waals surface area contributed by atoms with Gasteiger partial charge in [0.15, 0.2) is 5.82 Å². The first-order valence-corrected chi connectivity index (χ1v) is 9.67. The fraction of sp³-hybridized carbons (Fsp3) is 0.200. The number of carbonyl (C=O) groups is 1. The van der Waals surface area contributed by atoms with E-state index in [1.54, 1.807) is 28.6 Å². The average Bonchev–Trinajstić information content (AvgIpc) is 3.27. The van der Waals surface area contributed by atoms with Crippen LogP contribution in [0.5, 0.6) is 0 Å². The van der Waals surface area contributed by atoms with E-state index in [1.165, 1.54) is 5.56 Å². The highest BCUT2D eigenvalue weighted by Gasteiger charge is 2.36. The highest BCUT2D eigenvalue weighted by molar-refractivity contribution is 7.13. The van der Waals surface area contributed by atoms with Crippen LogP contribution in [0, 0.1) is 6.92 Å². The molecule has 0 radical (unpaired) electrons. The number of carbonyl (C=O) groups excluding carboxylic acids is 1. The minimum atomic E-state index is -0.0696. The molecule has 4 heterocycles. The molecule has 1 saturated heterocycles. The van der Waals surface area contributed by atoms with Crippen molar-refractivity contribution in [2.24, 2.45) is 0 Å². The van der Waals surface area contributed by atoms with Gasteiger partial charge in [-0.1, -0.05) is 12.1 Å². The number of hydrogen-bond donors (Lipinski definition) is 1. The third-order valence-corrected chi connectivity index (χ3v) is 5.89. The summed E-state index contributed by atoms with van der Waals surface area (Å²) in [6.07, 6.45) is 3.45. The summed E-state index contributed by atoms with van der Waals surface area (Å²) >= 11 is 1.68. The number of hydrogen-bond acceptors (Lipinski definition) is 5. The van der Waals surface area contributed by atoms with Gasteiger partial charge in [-0.25, -0.2) is 4.98 Å². The van der Waals surface area contributed by atoms with E-state index in [0.29, 0.717) is 18.9 Å². The zero-order valence-electron chi connectivity index (χ0n) is 14.7. The Labute approximate surface area is 159 Å². The smallest absolute Gasteiger partial charge is 0.289 e. The zero-order valence-corrected chi connectivity index (χ0v) is 15.5. The summed E-state index contributed by atoms with van der Waals surface area (Å²) < 4.78 is 0. The van der Waals surface area contributed by atoms with Crippen molar-refractivity contribution in [3.63, 3.8) is 0 Å². The third-order valence-electron chi connectivity index (χ3n) is 4.84. The van der Waals surface area contributed by atoms with Crippen molar-refractivity contribution < 1.29 is 4.79 Å². The highest BCUT2D eigenvalue weighted by Crippen LogP contribution is 2.35. The molecule has 0 saturated carbocycles. The van der Waals surface area contributed by atoms with Crippen LogP contribution >= 0.6 is 11.3 Å². The molecular formula is C20H17N5OS. The van der Waals surface area contributed by atoms with Crippen molar-refractivity contribution in [2.45, 2.75) is 12.8 Å². The summed E-state index contributed by atoms with van der Waals surface area (Å²) in [5, 5.41) is 2.12. The molecule has 134 valence electrons. The Hall–Kier alpha value is -3.06. The predicted octanol–water partition coefficient (Wildman–Crippen LogP) is 3.63. The summed E-state index contributed by atoms with van der Waals surface area (Å²) in [6, 6.07) is 9.80. The molecule has 1 amide bonds. The fourth-order valence-corrected chi connectivity index (χ4v) is 4.32. The number of fused-ring (bicyclic) bond motifs is 1. The summed E-state index contributed by atoms with van der Waals surface area (Å²) in [4.78, 5) is 32.3. The van der Waals surface area contributed by atoms with Gasteiger partial charge in [0.1, 0.15) is 5.69 Å². The second kappa shape index (κ2) is 6.28. The van der Waals surface area contributed by atoms with Gasteiger partial charge in [0.05, 0.1) is 21.6 Å². The van der Waals surface area contributed by atoms with Gasteiger partial charge in [0.2, 0.25) is 0 Å². The topological polar surface area (TPSA) is 74.8 Å². The Balaban J connectivity index is 1.36. The molecule has 1 N–H and O–H groups in total. The lowest BCUT2D eigenvalue weighted by Gasteiger charge is -2.38. The number of nitrogens with one attached hydrogen (secondary N) is 1. The number of thiophene rings is 1. The Bertz CT molecular complexity index is 1110. The minimum Gasteiger partial charge on any atom is -0.335 e. The van der Waals surface area contributed by atoms with Crippen molar-refractivity contribution in [3.05, 3.63) is 65.2 Å². The Morgan fingerprint density at radius 1 is 1.22 bits per heavy atom. The lowest BCUT2D eigenvalue weighted by molar-refractivity contribution is 0.0587. The SMILES string of the molecule is Cc1csc(-c2nccnc2C2CN(C(=O)c3nc4ccccc4[nH]3)C2)c1. The van der Waals surface area contributed by atoms with Crippen LogP contribution in [-0.2, 0) is 0 Å². The lowest BCUT2D eigenvalue weighted by atomic mass is 9.93. The first-order valence-electron chi connectivity index (χ1n) is 8.79. The number of para-hydroxylation sites is 2. The van der Waals surface area contributed by atoms with Crippen LogP contribution in [0.2, 0.25) is 0 Å². The largest absolute Gasteiger partial charge is 0.335 e. The number of H-pyrrole nitrogens is 1. The van der Waals surface area contributed by atoms with Crippen LogP contribution in [0.4, 0.5) is 0 Å². The molecule has 5 rings (SSSR count). The molecular weight excluding hydrogens is 358 g/mol. The van der Waals surface area contributed by atoms with Gasteiger partial charge in [-0.3, -0.25) is 14.8 Å². The Morgan fingerprint density at radius 2 is 2.04 bits per heavy atom. The maximum Gasteiger partial charge on any atom is 0.289 e. The number of aromatic amines is 1. The van der Waals surface area contributed by atoms with Crippen LogP contribution in [0.15, 0.2) is 48.1 Å². The van der Waals surface area contributed by atoms with Crippen molar-refractivity contribution in [2.75, 3.05) is 13.1 Å². The zero-order chi connectivity index (χ0) is 18.4. The summed E-state index contributed by atoms with van der Waals surface area (Å²) in [6.45, 7) is 3.34. The van der Waals surface area contributed by atoms with Gasteiger partial charge in [-0.15, -0.1) is 11.3 Å². The van der Waals surface area contributed by atoms with E-state index in [-0.39, 0.29) is 11.8 Å². The first kappa shape index (κ1) is 16.1. The van der Waals surface area contributed by atoms with Crippen molar-refractivity contribution in [1.29, 1.82) is 0 Å². The number of likely N-dealkylation sites (tertiary alicyclic amines) is 1. The second-order valence-electron chi connectivity index (χ2n) is 6.79. The van der Waals surface area contributed by atoms with Crippen LogP contribution in [-0.4, -0.2) is 43.8 Å². The summed E-state index contributed by atoms with van der Waals surface area (Å²) in [5.41, 5.74) is 4.80. The van der Waals surface area contributed by atoms with Crippen molar-refractivity contribution in [1.82, 2.24) is 24.8 Å². The van der Waals surface area contributed by atoms with Gasteiger partial charge in [-0.2, -0.15) is 0 Å². The van der Waals surface area contributed by atoms with Crippen molar-refractivity contribution in [3.8, 4) is 10.6 Å². The molecule has 0 aliphatic carbocycles. The van der Waals surface area contributed by atoms with Crippen LogP contribution < -0.4 is 0 Å². The number of rotatable bonds is 3. The number of benzene rings is 1. The molecule has 1 aliphatic rings. The van der Waals surface area contributed by atoms with Crippen LogP contribution in [0.1, 0.15) is 27.8 Å². The standard InChI is InChI=1S/C20H17N5OS/c1-12-8-16(27-11-12)18-17(21-6-7-22-18)13-9-25(10-13)20(26)19-23-14-4-2-3-5-15(14)24-19/h2-8,11,13H,9-10H2,1H3,(H,23,24). The first-order chi connectivity index (χ1) is 13.2. The lowest BCUT2D eigenvalue weighted by Crippen LogP contribution is -2.49. The summed E-state index contributed by atoms with van der Waals surface area (Å²) in [7, 11) is 0. The number of amides is 1. The van der Waals surface area contributed by atoms with E-state index in [1.807, 2.05) is 24.3 Å². The van der Waals surface area contributed by atoms with E-state index >= 15 is 0 Å². The monoisotopic (exact) mass is 375 g/mol. The van der Waals surface area contributed by atoms with E-state index in [4.69, 9.17) is 0 Å². The molecule has 1 aromatic carbocycles. The third kappa shape index (κ3) is 2.80. The van der Waals surface area contributed by atoms with E-state index < -0.39 is 0 Å². The fourth-order valence-electron chi connectivity index (χ4n) is 3.41. The van der Waals surface area contributed by atoms with Gasteiger partial charge in [0, 0.05) is 31.4 Å². The van der Waals surface area contributed by atoms with Crippen LogP contribution in [0.3, 0.4) is 0 Å². The number of imidazole rings is 1. The average molecular weight is 375 g/mol. The number of aromatic nitrogens is 4. The molecule has 4 aromatic rings. The molecule has 3 aromatic heterocycles. The van der Waals surface area contributed by atoms with Crippen molar-refractivity contribution >= 4 is 28.3 Å². The highest BCUT2D eigenvalue weighted by atomic mass is 32.1. The second-order valence-corrected chi connectivity index (χ2v) is 7.70. The van der Waals surface area contributed by atoms with Gasteiger partial charge in [-0.05, 0) is 36.1 Å². The number of nitrogens with zero attached hydrogens (tertiary/aromatic N) is 4. The predicted molar refractivity (Wildman–Crippen MR) is 105 cm³/mol. The normalized spacial score (nSPS) is 14.5. The molecule has 0 atom stereocenters. The molecule has 0 unspecified atom stereocenters. The van der Waals surface area contributed by atoms with Crippen LogP contribution in [0.25, 0.3) is 21.6 Å². The van der Waals surface area contributed by atoms with Gasteiger partial charge >= 0.3 is 0 Å². The Kier molecular flexibility index (Phi) is 3.75. The molecule has 6 nitrogen and oxygen atoms in total. The minimum absolute atomic E-state index is 0.0696. The number of aryl methyl sites for hydroxylation is 1. The molecule has 1 fully saturated rings. The van der Waals surface area contributed by atoms with Gasteiger partial charge < -0.3 is 9.88 Å². The molecule has 0 bridgehead atoms. The summed E-state index contributed by atoms with van der Waals surface area (Å²) in [5.74, 6) is 0.521. The van der Waals surface area contributed by atoms with E-state index in [2.05, 4.69) is 38.3 Å².